The number of carboxylic acid groups (broad SMARTS) is 1. The molecule has 1 aromatic rings. The lowest BCUT2D eigenvalue weighted by Crippen LogP contribution is -2.28. The van der Waals surface area contributed by atoms with Gasteiger partial charge >= 0.3 is 5.97 Å². The van der Waals surface area contributed by atoms with Crippen molar-refractivity contribution < 1.29 is 19.2 Å². The van der Waals surface area contributed by atoms with Crippen molar-refractivity contribution in [3.63, 3.8) is 0 Å². The van der Waals surface area contributed by atoms with E-state index in [0.29, 0.717) is 30.7 Å². The normalized spacial score (nSPS) is 10.2. The highest BCUT2D eigenvalue weighted by Gasteiger charge is 2.18. The number of carbonyl (C=O) groups excluding carboxylic acids is 1. The van der Waals surface area contributed by atoms with Crippen LogP contribution in [0.2, 0.25) is 0 Å². The molecule has 0 atom stereocenters. The number of hydrogen-bond acceptors (Lipinski definition) is 4. The average molecular weight is 240 g/mol. The molecule has 17 heavy (non-hydrogen) atoms. The second-order valence-corrected chi connectivity index (χ2v) is 3.74. The molecule has 0 spiro atoms. The summed E-state index contributed by atoms with van der Waals surface area (Å²) in [6.07, 6.45) is 2.49. The number of carboxylic acids is 1. The summed E-state index contributed by atoms with van der Waals surface area (Å²) in [5.41, 5.74) is 0.449. The number of aromatic nitrogens is 1. The van der Waals surface area contributed by atoms with Gasteiger partial charge in [-0.3, -0.25) is 9.59 Å². The zero-order valence-electron chi connectivity index (χ0n) is 9.97. The van der Waals surface area contributed by atoms with E-state index in [1.807, 2.05) is 6.92 Å². The molecular weight excluding hydrogens is 224 g/mol. The van der Waals surface area contributed by atoms with Gasteiger partial charge in [-0.2, -0.15) is 0 Å². The van der Waals surface area contributed by atoms with Crippen molar-refractivity contribution in [2.75, 3.05) is 13.6 Å². The van der Waals surface area contributed by atoms with E-state index in [1.165, 1.54) is 11.1 Å². The summed E-state index contributed by atoms with van der Waals surface area (Å²) in [5.74, 6) is -0.487. The maximum Gasteiger partial charge on any atom is 0.303 e. The Labute approximate surface area is 99.2 Å². The summed E-state index contributed by atoms with van der Waals surface area (Å²) in [6, 6.07) is 0. The van der Waals surface area contributed by atoms with E-state index >= 15 is 0 Å². The van der Waals surface area contributed by atoms with E-state index in [4.69, 9.17) is 9.63 Å². The molecule has 1 heterocycles. The van der Waals surface area contributed by atoms with Crippen LogP contribution in [0, 0.1) is 0 Å². The third-order valence-corrected chi connectivity index (χ3v) is 2.43. The molecule has 1 aromatic heterocycles. The van der Waals surface area contributed by atoms with Gasteiger partial charge in [-0.1, -0.05) is 12.1 Å². The molecular formula is C11H16N2O4. The van der Waals surface area contributed by atoms with E-state index in [0.717, 1.165) is 0 Å². The lowest BCUT2D eigenvalue weighted by molar-refractivity contribution is -0.137. The van der Waals surface area contributed by atoms with Crippen LogP contribution in [0.15, 0.2) is 10.7 Å². The molecule has 0 saturated heterocycles. The van der Waals surface area contributed by atoms with Crippen molar-refractivity contribution in [3.05, 3.63) is 17.5 Å². The molecule has 0 unspecified atom stereocenters. The van der Waals surface area contributed by atoms with Gasteiger partial charge < -0.3 is 14.5 Å². The first-order valence-corrected chi connectivity index (χ1v) is 5.47. The standard InChI is InChI=1S/C11H16N2O4/c1-3-9-8(7-12-17-9)11(16)13(2)6-4-5-10(14)15/h7H,3-6H2,1-2H3,(H,14,15). The smallest absolute Gasteiger partial charge is 0.303 e. The van der Waals surface area contributed by atoms with Crippen LogP contribution in [0.25, 0.3) is 0 Å². The molecule has 0 aliphatic carbocycles. The minimum absolute atomic E-state index is 0.0574. The average Bonchev–Trinajstić information content (AvgIpc) is 2.75. The van der Waals surface area contributed by atoms with Gasteiger partial charge in [0.25, 0.3) is 5.91 Å². The second-order valence-electron chi connectivity index (χ2n) is 3.74. The summed E-state index contributed by atoms with van der Waals surface area (Å²) in [5, 5.41) is 12.1. The van der Waals surface area contributed by atoms with Crippen molar-refractivity contribution in [1.82, 2.24) is 10.1 Å². The topological polar surface area (TPSA) is 83.6 Å². The van der Waals surface area contributed by atoms with Gasteiger partial charge in [-0.15, -0.1) is 0 Å². The zero-order chi connectivity index (χ0) is 12.8. The van der Waals surface area contributed by atoms with E-state index in [9.17, 15) is 9.59 Å². The van der Waals surface area contributed by atoms with Crippen LogP contribution in [-0.2, 0) is 11.2 Å². The van der Waals surface area contributed by atoms with E-state index in [2.05, 4.69) is 5.16 Å². The maximum absolute atomic E-state index is 11.9. The van der Waals surface area contributed by atoms with Gasteiger partial charge in [-0.25, -0.2) is 0 Å². The molecule has 0 radical (unpaired) electrons. The Kier molecular flexibility index (Phi) is 4.68. The fourth-order valence-electron chi connectivity index (χ4n) is 1.47. The molecule has 0 aliphatic rings. The van der Waals surface area contributed by atoms with E-state index in [-0.39, 0.29) is 12.3 Å². The Balaban J connectivity index is 2.54. The van der Waals surface area contributed by atoms with Crippen LogP contribution >= 0.6 is 0 Å². The van der Waals surface area contributed by atoms with Crippen LogP contribution < -0.4 is 0 Å². The highest BCUT2D eigenvalue weighted by molar-refractivity contribution is 5.94. The predicted molar refractivity (Wildman–Crippen MR) is 59.7 cm³/mol. The van der Waals surface area contributed by atoms with Gasteiger partial charge in [-0.05, 0) is 6.42 Å². The van der Waals surface area contributed by atoms with Gasteiger partial charge in [0.05, 0.1) is 6.20 Å². The van der Waals surface area contributed by atoms with Crippen LogP contribution in [0.5, 0.6) is 0 Å². The van der Waals surface area contributed by atoms with E-state index < -0.39 is 5.97 Å². The monoisotopic (exact) mass is 240 g/mol. The number of rotatable bonds is 6. The third-order valence-electron chi connectivity index (χ3n) is 2.43. The quantitative estimate of drug-likeness (QED) is 0.807. The van der Waals surface area contributed by atoms with Crippen molar-refractivity contribution in [3.8, 4) is 0 Å². The van der Waals surface area contributed by atoms with Gasteiger partial charge in [0.1, 0.15) is 11.3 Å². The number of aliphatic carboxylic acids is 1. The highest BCUT2D eigenvalue weighted by Crippen LogP contribution is 2.11. The number of aryl methyl sites for hydroxylation is 1. The van der Waals surface area contributed by atoms with Gasteiger partial charge in [0.2, 0.25) is 0 Å². The molecule has 0 bridgehead atoms. The number of carbonyl (C=O) groups is 2. The third kappa shape index (κ3) is 3.58. The largest absolute Gasteiger partial charge is 0.481 e. The molecule has 0 saturated carbocycles. The van der Waals surface area contributed by atoms with Gasteiger partial charge in [0.15, 0.2) is 0 Å². The summed E-state index contributed by atoms with van der Waals surface area (Å²) in [4.78, 5) is 23.8. The molecule has 0 aliphatic heterocycles. The van der Waals surface area contributed by atoms with Crippen LogP contribution in [0.3, 0.4) is 0 Å². The van der Waals surface area contributed by atoms with Crippen molar-refractivity contribution in [2.24, 2.45) is 0 Å². The summed E-state index contributed by atoms with van der Waals surface area (Å²) >= 11 is 0. The van der Waals surface area contributed by atoms with Crippen molar-refractivity contribution >= 4 is 11.9 Å². The first kappa shape index (κ1) is 13.2. The Morgan fingerprint density at radius 1 is 1.53 bits per heavy atom. The SMILES string of the molecule is CCc1oncc1C(=O)N(C)CCCC(=O)O. The molecule has 6 nitrogen and oxygen atoms in total. The molecule has 0 fully saturated rings. The molecule has 0 aromatic carbocycles. The second kappa shape index (κ2) is 6.03. The van der Waals surface area contributed by atoms with Crippen LogP contribution in [0.4, 0.5) is 0 Å². The Hall–Kier alpha value is -1.85. The minimum Gasteiger partial charge on any atom is -0.481 e. The lowest BCUT2D eigenvalue weighted by atomic mass is 10.2. The summed E-state index contributed by atoms with van der Waals surface area (Å²) < 4.78 is 4.94. The van der Waals surface area contributed by atoms with Crippen LogP contribution in [0.1, 0.15) is 35.9 Å². The van der Waals surface area contributed by atoms with Crippen molar-refractivity contribution in [2.45, 2.75) is 26.2 Å². The molecule has 1 rings (SSSR count). The Morgan fingerprint density at radius 2 is 2.24 bits per heavy atom. The minimum atomic E-state index is -0.856. The first-order chi connectivity index (χ1) is 8.06. The maximum atomic E-state index is 11.9. The summed E-state index contributed by atoms with van der Waals surface area (Å²) in [6.45, 7) is 2.28. The van der Waals surface area contributed by atoms with Crippen molar-refractivity contribution in [1.29, 1.82) is 0 Å². The number of hydrogen-bond donors (Lipinski definition) is 1. The molecule has 6 heteroatoms. The lowest BCUT2D eigenvalue weighted by Gasteiger charge is -2.15. The highest BCUT2D eigenvalue weighted by atomic mass is 16.5. The zero-order valence-corrected chi connectivity index (χ0v) is 9.97. The molecule has 1 amide bonds. The molecule has 1 N–H and O–H groups in total. The first-order valence-electron chi connectivity index (χ1n) is 5.47. The predicted octanol–water partition coefficient (Wildman–Crippen LogP) is 1.17. The molecule has 94 valence electrons. The Bertz CT molecular complexity index is 400. The number of nitrogens with zero attached hydrogens (tertiary/aromatic N) is 2. The van der Waals surface area contributed by atoms with Gasteiger partial charge in [0, 0.05) is 26.4 Å². The fourth-order valence-corrected chi connectivity index (χ4v) is 1.47. The fraction of sp³-hybridized carbons (Fsp3) is 0.545. The van der Waals surface area contributed by atoms with E-state index in [1.54, 1.807) is 7.05 Å². The summed E-state index contributed by atoms with van der Waals surface area (Å²) in [7, 11) is 1.64. The number of amides is 1. The van der Waals surface area contributed by atoms with Crippen LogP contribution in [-0.4, -0.2) is 40.6 Å². The Morgan fingerprint density at radius 3 is 2.82 bits per heavy atom.